The second kappa shape index (κ2) is 8.20. The van der Waals surface area contributed by atoms with Crippen LogP contribution in [-0.4, -0.2) is 25.2 Å². The maximum Gasteiger partial charge on any atom is 0.295 e. The Morgan fingerprint density at radius 3 is 2.48 bits per heavy atom. The molecule has 3 aromatic heterocycles. The Morgan fingerprint density at radius 1 is 0.970 bits per heavy atom. The van der Waals surface area contributed by atoms with E-state index < -0.39 is 0 Å². The van der Waals surface area contributed by atoms with Crippen LogP contribution in [-0.2, 0) is 7.05 Å². The minimum atomic E-state index is -0.371. The zero-order valence-electron chi connectivity index (χ0n) is 18.2. The minimum absolute atomic E-state index is 0.246. The van der Waals surface area contributed by atoms with Gasteiger partial charge in [0.05, 0.1) is 28.2 Å². The van der Waals surface area contributed by atoms with E-state index in [1.165, 1.54) is 4.68 Å². The number of anilines is 1. The summed E-state index contributed by atoms with van der Waals surface area (Å²) in [6.45, 7) is 1.81. The highest BCUT2D eigenvalue weighted by Gasteiger charge is 2.21. The Balaban J connectivity index is 1.60. The van der Waals surface area contributed by atoms with Gasteiger partial charge in [-0.1, -0.05) is 36.4 Å². The Bertz CT molecular complexity index is 1540. The predicted octanol–water partition coefficient (Wildman–Crippen LogP) is 4.35. The van der Waals surface area contributed by atoms with E-state index in [9.17, 15) is 9.59 Å². The zero-order valence-corrected chi connectivity index (χ0v) is 18.2. The normalized spacial score (nSPS) is 11.0. The molecule has 0 fully saturated rings. The molecule has 0 radical (unpaired) electrons. The largest absolute Gasteiger partial charge is 0.316 e. The van der Waals surface area contributed by atoms with Crippen molar-refractivity contribution >= 4 is 22.5 Å². The molecule has 7 heteroatoms. The van der Waals surface area contributed by atoms with Gasteiger partial charge in [-0.3, -0.25) is 19.3 Å². The first kappa shape index (κ1) is 20.4. The average Bonchev–Trinajstić information content (AvgIpc) is 3.07. The number of pyridine rings is 2. The van der Waals surface area contributed by atoms with E-state index in [-0.39, 0.29) is 17.2 Å². The van der Waals surface area contributed by atoms with E-state index in [0.29, 0.717) is 27.9 Å². The number of fused-ring (bicyclic) bond motifs is 1. The van der Waals surface area contributed by atoms with Crippen LogP contribution in [0.4, 0.5) is 5.69 Å². The number of carbonyl (C=O) groups is 1. The topological polar surface area (TPSA) is 81.8 Å². The SMILES string of the molecule is Cc1c(NC(=O)c2cc(-c3cccnc3)nc3ccccc23)c(=O)n(-c2ccccc2)n1C. The fourth-order valence-corrected chi connectivity index (χ4v) is 3.92. The van der Waals surface area contributed by atoms with Gasteiger partial charge in [0, 0.05) is 30.4 Å². The van der Waals surface area contributed by atoms with Gasteiger partial charge in [-0.05, 0) is 43.3 Å². The van der Waals surface area contributed by atoms with Gasteiger partial charge < -0.3 is 5.32 Å². The van der Waals surface area contributed by atoms with Crippen LogP contribution >= 0.6 is 0 Å². The number of para-hydroxylation sites is 2. The van der Waals surface area contributed by atoms with Gasteiger partial charge in [-0.15, -0.1) is 0 Å². The highest BCUT2D eigenvalue weighted by atomic mass is 16.2. The first-order valence-electron chi connectivity index (χ1n) is 10.5. The van der Waals surface area contributed by atoms with E-state index in [1.807, 2.05) is 73.7 Å². The van der Waals surface area contributed by atoms with Crippen molar-refractivity contribution in [3.8, 4) is 16.9 Å². The van der Waals surface area contributed by atoms with Crippen molar-refractivity contribution in [2.75, 3.05) is 5.32 Å². The molecule has 162 valence electrons. The number of rotatable bonds is 4. The second-order valence-corrected chi connectivity index (χ2v) is 7.70. The Morgan fingerprint density at radius 2 is 1.73 bits per heavy atom. The molecular formula is C26H21N5O2. The molecule has 33 heavy (non-hydrogen) atoms. The van der Waals surface area contributed by atoms with Gasteiger partial charge in [0.15, 0.2) is 0 Å². The van der Waals surface area contributed by atoms with Crippen LogP contribution in [0.5, 0.6) is 0 Å². The van der Waals surface area contributed by atoms with Crippen molar-refractivity contribution < 1.29 is 4.79 Å². The molecule has 3 heterocycles. The van der Waals surface area contributed by atoms with Gasteiger partial charge >= 0.3 is 0 Å². The van der Waals surface area contributed by atoms with E-state index in [1.54, 1.807) is 30.2 Å². The van der Waals surface area contributed by atoms with Crippen LogP contribution in [0.1, 0.15) is 16.1 Å². The van der Waals surface area contributed by atoms with Gasteiger partial charge in [0.25, 0.3) is 11.5 Å². The molecular weight excluding hydrogens is 414 g/mol. The molecule has 0 unspecified atom stereocenters. The van der Waals surface area contributed by atoms with Crippen LogP contribution < -0.4 is 10.9 Å². The number of amides is 1. The molecule has 5 rings (SSSR count). The maximum atomic E-state index is 13.5. The molecule has 5 aromatic rings. The van der Waals surface area contributed by atoms with E-state index in [0.717, 1.165) is 11.3 Å². The highest BCUT2D eigenvalue weighted by Crippen LogP contribution is 2.25. The number of aromatic nitrogens is 4. The van der Waals surface area contributed by atoms with E-state index in [2.05, 4.69) is 10.3 Å². The molecule has 0 aliphatic heterocycles. The highest BCUT2D eigenvalue weighted by molar-refractivity contribution is 6.13. The molecule has 0 saturated heterocycles. The Labute approximate surface area is 190 Å². The number of hydrogen-bond acceptors (Lipinski definition) is 4. The summed E-state index contributed by atoms with van der Waals surface area (Å²) in [6.07, 6.45) is 3.40. The molecule has 0 aliphatic rings. The van der Waals surface area contributed by atoms with Gasteiger partial charge in [-0.25, -0.2) is 9.67 Å². The maximum absolute atomic E-state index is 13.5. The van der Waals surface area contributed by atoms with E-state index >= 15 is 0 Å². The van der Waals surface area contributed by atoms with Crippen LogP contribution in [0.2, 0.25) is 0 Å². The summed E-state index contributed by atoms with van der Waals surface area (Å²) in [6, 6.07) is 22.2. The molecule has 0 bridgehead atoms. The second-order valence-electron chi connectivity index (χ2n) is 7.70. The lowest BCUT2D eigenvalue weighted by Crippen LogP contribution is -2.23. The number of nitrogens with zero attached hydrogens (tertiary/aromatic N) is 4. The lowest BCUT2D eigenvalue weighted by Gasteiger charge is -2.10. The molecule has 0 aliphatic carbocycles. The van der Waals surface area contributed by atoms with Crippen molar-refractivity contribution in [1.82, 2.24) is 19.3 Å². The van der Waals surface area contributed by atoms with Gasteiger partial charge in [0.2, 0.25) is 0 Å². The summed E-state index contributed by atoms with van der Waals surface area (Å²) in [4.78, 5) is 35.6. The summed E-state index contributed by atoms with van der Waals surface area (Å²) >= 11 is 0. The molecule has 0 saturated carbocycles. The van der Waals surface area contributed by atoms with E-state index in [4.69, 9.17) is 4.98 Å². The lowest BCUT2D eigenvalue weighted by atomic mass is 10.0. The summed E-state index contributed by atoms with van der Waals surface area (Å²) in [5.74, 6) is -0.371. The van der Waals surface area contributed by atoms with Crippen LogP contribution in [0.3, 0.4) is 0 Å². The third-order valence-electron chi connectivity index (χ3n) is 5.71. The molecule has 1 amide bonds. The molecule has 2 aromatic carbocycles. The molecule has 0 atom stereocenters. The van der Waals surface area contributed by atoms with Gasteiger partial charge in [-0.2, -0.15) is 0 Å². The fraction of sp³-hybridized carbons (Fsp3) is 0.0769. The predicted molar refractivity (Wildman–Crippen MR) is 129 cm³/mol. The van der Waals surface area contributed by atoms with Crippen molar-refractivity contribution in [3.63, 3.8) is 0 Å². The summed E-state index contributed by atoms with van der Waals surface area (Å²) in [5.41, 5.74) is 3.90. The fourth-order valence-electron chi connectivity index (χ4n) is 3.92. The summed E-state index contributed by atoms with van der Waals surface area (Å²) < 4.78 is 3.27. The Kier molecular flexibility index (Phi) is 5.06. The van der Waals surface area contributed by atoms with Crippen LogP contribution in [0.25, 0.3) is 27.8 Å². The standard InChI is InChI=1S/C26H21N5O2/c1-17-24(26(33)31(30(17)2)19-10-4-3-5-11-19)29-25(32)21-15-23(18-9-8-14-27-16-18)28-22-13-7-6-12-20(21)22/h3-16H,1-2H3,(H,29,32). The Hall–Kier alpha value is -4.52. The first-order valence-corrected chi connectivity index (χ1v) is 10.5. The number of nitrogens with one attached hydrogen (secondary N) is 1. The minimum Gasteiger partial charge on any atom is -0.316 e. The number of hydrogen-bond donors (Lipinski definition) is 1. The lowest BCUT2D eigenvalue weighted by molar-refractivity contribution is 0.102. The molecule has 7 nitrogen and oxygen atoms in total. The van der Waals surface area contributed by atoms with Crippen LogP contribution in [0.15, 0.2) is 90.0 Å². The van der Waals surface area contributed by atoms with Crippen molar-refractivity contribution in [1.29, 1.82) is 0 Å². The summed E-state index contributed by atoms with van der Waals surface area (Å²) in [7, 11) is 1.79. The first-order chi connectivity index (χ1) is 16.0. The smallest absolute Gasteiger partial charge is 0.295 e. The quantitative estimate of drug-likeness (QED) is 0.455. The number of benzene rings is 2. The average molecular weight is 435 g/mol. The van der Waals surface area contributed by atoms with Crippen molar-refractivity contribution in [2.45, 2.75) is 6.92 Å². The summed E-state index contributed by atoms with van der Waals surface area (Å²) in [5, 5.41) is 3.57. The van der Waals surface area contributed by atoms with Gasteiger partial charge in [0.1, 0.15) is 5.69 Å². The third kappa shape index (κ3) is 3.59. The monoisotopic (exact) mass is 435 g/mol. The molecule has 1 N–H and O–H groups in total. The van der Waals surface area contributed by atoms with Crippen molar-refractivity contribution in [3.05, 3.63) is 107 Å². The third-order valence-corrected chi connectivity index (χ3v) is 5.71. The zero-order chi connectivity index (χ0) is 22.9. The van der Waals surface area contributed by atoms with Crippen LogP contribution in [0, 0.1) is 6.92 Å². The number of carbonyl (C=O) groups excluding carboxylic acids is 1. The molecule has 0 spiro atoms. The van der Waals surface area contributed by atoms with Crippen molar-refractivity contribution in [2.24, 2.45) is 7.05 Å².